The number of morpholine rings is 1. The largest absolute Gasteiger partial charge is 0.481 e. The van der Waals surface area contributed by atoms with E-state index in [0.717, 1.165) is 52.4 Å². The van der Waals surface area contributed by atoms with E-state index in [4.69, 9.17) is 4.74 Å². The molecule has 0 aliphatic carbocycles. The molecule has 0 saturated carbocycles. The average molecular weight is 270 g/mol. The number of rotatable bonds is 5. The van der Waals surface area contributed by atoms with Crippen LogP contribution in [0.3, 0.4) is 0 Å². The number of hydrogen-bond donors (Lipinski definition) is 1. The van der Waals surface area contributed by atoms with Crippen LogP contribution in [0.2, 0.25) is 0 Å². The van der Waals surface area contributed by atoms with Crippen LogP contribution in [-0.4, -0.2) is 73.4 Å². The quantitative estimate of drug-likeness (QED) is 0.799. The fourth-order valence-corrected chi connectivity index (χ4v) is 3.11. The van der Waals surface area contributed by atoms with Crippen molar-refractivity contribution in [1.82, 2.24) is 9.80 Å². The van der Waals surface area contributed by atoms with E-state index in [1.54, 1.807) is 0 Å². The predicted octanol–water partition coefficient (Wildman–Crippen LogP) is 0.751. The SMILES string of the molecule is CC(C)C1(C(=O)O)CCN(CCN2CCOCC2)C1. The van der Waals surface area contributed by atoms with E-state index >= 15 is 0 Å². The minimum Gasteiger partial charge on any atom is -0.481 e. The topological polar surface area (TPSA) is 53.0 Å². The van der Waals surface area contributed by atoms with Crippen LogP contribution < -0.4 is 0 Å². The Morgan fingerprint density at radius 1 is 1.21 bits per heavy atom. The number of carboxylic acid groups (broad SMARTS) is 1. The second-order valence-corrected chi connectivity index (χ2v) is 6.10. The molecule has 2 fully saturated rings. The third-order valence-corrected chi connectivity index (χ3v) is 4.75. The Morgan fingerprint density at radius 3 is 2.37 bits per heavy atom. The van der Waals surface area contributed by atoms with Gasteiger partial charge in [-0.05, 0) is 18.9 Å². The zero-order chi connectivity index (χ0) is 13.9. The van der Waals surface area contributed by atoms with Gasteiger partial charge in [0.15, 0.2) is 0 Å². The summed E-state index contributed by atoms with van der Waals surface area (Å²) in [7, 11) is 0. The highest BCUT2D eigenvalue weighted by Gasteiger charge is 2.46. The van der Waals surface area contributed by atoms with Crippen LogP contribution >= 0.6 is 0 Å². The maximum atomic E-state index is 11.6. The Morgan fingerprint density at radius 2 is 1.84 bits per heavy atom. The lowest BCUT2D eigenvalue weighted by Gasteiger charge is -2.31. The fraction of sp³-hybridized carbons (Fsp3) is 0.929. The average Bonchev–Trinajstić information content (AvgIpc) is 2.83. The molecule has 0 amide bonds. The Hall–Kier alpha value is -0.650. The number of hydrogen-bond acceptors (Lipinski definition) is 4. The monoisotopic (exact) mass is 270 g/mol. The summed E-state index contributed by atoms with van der Waals surface area (Å²) in [5.74, 6) is -0.435. The van der Waals surface area contributed by atoms with Crippen molar-refractivity contribution in [2.45, 2.75) is 20.3 Å². The minimum absolute atomic E-state index is 0.193. The molecule has 19 heavy (non-hydrogen) atoms. The van der Waals surface area contributed by atoms with Gasteiger partial charge in [0.25, 0.3) is 0 Å². The molecule has 2 aliphatic heterocycles. The van der Waals surface area contributed by atoms with E-state index in [-0.39, 0.29) is 5.92 Å². The van der Waals surface area contributed by atoms with E-state index in [1.807, 2.05) is 13.8 Å². The number of aliphatic carboxylic acids is 1. The molecule has 110 valence electrons. The molecule has 1 unspecified atom stereocenters. The van der Waals surface area contributed by atoms with Crippen LogP contribution in [0.5, 0.6) is 0 Å². The molecule has 0 bridgehead atoms. The molecule has 1 atom stereocenters. The summed E-state index contributed by atoms with van der Waals surface area (Å²) >= 11 is 0. The molecule has 0 aromatic rings. The number of carbonyl (C=O) groups is 1. The van der Waals surface area contributed by atoms with Crippen molar-refractivity contribution >= 4 is 5.97 Å². The van der Waals surface area contributed by atoms with Gasteiger partial charge in [0.05, 0.1) is 18.6 Å². The second kappa shape index (κ2) is 6.20. The first-order chi connectivity index (χ1) is 9.04. The molecule has 5 nitrogen and oxygen atoms in total. The fourth-order valence-electron chi connectivity index (χ4n) is 3.11. The summed E-state index contributed by atoms with van der Waals surface area (Å²) in [5, 5.41) is 9.52. The van der Waals surface area contributed by atoms with E-state index in [0.29, 0.717) is 6.54 Å². The third-order valence-electron chi connectivity index (χ3n) is 4.75. The lowest BCUT2D eigenvalue weighted by molar-refractivity contribution is -0.151. The van der Waals surface area contributed by atoms with Crippen molar-refractivity contribution in [2.75, 3.05) is 52.5 Å². The van der Waals surface area contributed by atoms with Crippen molar-refractivity contribution in [3.63, 3.8) is 0 Å². The second-order valence-electron chi connectivity index (χ2n) is 6.10. The molecule has 0 aromatic carbocycles. The van der Waals surface area contributed by atoms with Gasteiger partial charge in [0.1, 0.15) is 0 Å². The van der Waals surface area contributed by atoms with E-state index in [2.05, 4.69) is 9.80 Å². The minimum atomic E-state index is -0.628. The first-order valence-corrected chi connectivity index (χ1v) is 7.30. The van der Waals surface area contributed by atoms with Crippen molar-refractivity contribution in [1.29, 1.82) is 0 Å². The summed E-state index contributed by atoms with van der Waals surface area (Å²) in [6, 6.07) is 0. The van der Waals surface area contributed by atoms with Gasteiger partial charge >= 0.3 is 5.97 Å². The summed E-state index contributed by atoms with van der Waals surface area (Å²) in [4.78, 5) is 16.3. The maximum absolute atomic E-state index is 11.6. The molecular formula is C14H26N2O3. The molecule has 2 rings (SSSR count). The Balaban J connectivity index is 1.82. The number of carboxylic acids is 1. The van der Waals surface area contributed by atoms with Crippen LogP contribution in [0, 0.1) is 11.3 Å². The summed E-state index contributed by atoms with van der Waals surface area (Å²) in [5.41, 5.74) is -0.537. The van der Waals surface area contributed by atoms with Gasteiger partial charge in [-0.1, -0.05) is 13.8 Å². The van der Waals surface area contributed by atoms with Crippen molar-refractivity contribution < 1.29 is 14.6 Å². The molecule has 0 spiro atoms. The van der Waals surface area contributed by atoms with Crippen LogP contribution in [0.1, 0.15) is 20.3 Å². The van der Waals surface area contributed by atoms with Gasteiger partial charge in [0.2, 0.25) is 0 Å². The lowest BCUT2D eigenvalue weighted by atomic mass is 9.76. The van der Waals surface area contributed by atoms with Gasteiger partial charge in [0, 0.05) is 32.7 Å². The van der Waals surface area contributed by atoms with Gasteiger partial charge in [-0.3, -0.25) is 9.69 Å². The molecule has 2 heterocycles. The van der Waals surface area contributed by atoms with Crippen molar-refractivity contribution in [3.8, 4) is 0 Å². The number of likely N-dealkylation sites (tertiary alicyclic amines) is 1. The van der Waals surface area contributed by atoms with Crippen LogP contribution in [-0.2, 0) is 9.53 Å². The predicted molar refractivity (Wildman–Crippen MR) is 73.2 cm³/mol. The van der Waals surface area contributed by atoms with E-state index < -0.39 is 11.4 Å². The Labute approximate surface area is 115 Å². The molecule has 2 saturated heterocycles. The first kappa shape index (κ1) is 14.8. The summed E-state index contributed by atoms with van der Waals surface area (Å²) in [6.07, 6.45) is 0.781. The number of ether oxygens (including phenoxy) is 1. The smallest absolute Gasteiger partial charge is 0.311 e. The van der Waals surface area contributed by atoms with Crippen molar-refractivity contribution in [3.05, 3.63) is 0 Å². The third kappa shape index (κ3) is 3.27. The Kier molecular flexibility index (Phi) is 4.81. The Bertz CT molecular complexity index is 316. The molecule has 5 heteroatoms. The zero-order valence-corrected chi connectivity index (χ0v) is 12.1. The molecule has 1 N–H and O–H groups in total. The van der Waals surface area contributed by atoms with Crippen LogP contribution in [0.15, 0.2) is 0 Å². The van der Waals surface area contributed by atoms with E-state index in [1.165, 1.54) is 0 Å². The van der Waals surface area contributed by atoms with Gasteiger partial charge in [-0.25, -0.2) is 0 Å². The van der Waals surface area contributed by atoms with Crippen LogP contribution in [0.25, 0.3) is 0 Å². The normalized spacial score (nSPS) is 30.1. The highest BCUT2D eigenvalue weighted by atomic mass is 16.5. The standard InChI is InChI=1S/C14H26N2O3/c1-12(2)14(13(17)18)3-4-16(11-14)6-5-15-7-9-19-10-8-15/h12H,3-11H2,1-2H3,(H,17,18). The van der Waals surface area contributed by atoms with Gasteiger partial charge in [-0.2, -0.15) is 0 Å². The highest BCUT2D eigenvalue weighted by molar-refractivity contribution is 5.75. The summed E-state index contributed by atoms with van der Waals surface area (Å²) < 4.78 is 5.33. The zero-order valence-electron chi connectivity index (χ0n) is 12.1. The molecular weight excluding hydrogens is 244 g/mol. The van der Waals surface area contributed by atoms with Crippen molar-refractivity contribution in [2.24, 2.45) is 11.3 Å². The van der Waals surface area contributed by atoms with Gasteiger partial charge in [-0.15, -0.1) is 0 Å². The van der Waals surface area contributed by atoms with E-state index in [9.17, 15) is 9.90 Å². The molecule has 2 aliphatic rings. The van der Waals surface area contributed by atoms with Gasteiger partial charge < -0.3 is 14.7 Å². The first-order valence-electron chi connectivity index (χ1n) is 7.30. The molecule has 0 radical (unpaired) electrons. The molecule has 0 aromatic heterocycles. The summed E-state index contributed by atoms with van der Waals surface area (Å²) in [6.45, 7) is 11.3. The highest BCUT2D eigenvalue weighted by Crippen LogP contribution is 2.37. The number of nitrogens with zero attached hydrogens (tertiary/aromatic N) is 2. The lowest BCUT2D eigenvalue weighted by Crippen LogP contribution is -2.43. The van der Waals surface area contributed by atoms with Crippen LogP contribution in [0.4, 0.5) is 0 Å². The maximum Gasteiger partial charge on any atom is 0.311 e.